The lowest BCUT2D eigenvalue weighted by Crippen LogP contribution is -2.39. The molecule has 1 saturated heterocycles. The van der Waals surface area contributed by atoms with Crippen molar-refractivity contribution in [2.75, 3.05) is 57.1 Å². The minimum atomic E-state index is -0.206. The molecule has 0 atom stereocenters. The van der Waals surface area contributed by atoms with Gasteiger partial charge in [0.05, 0.1) is 31.6 Å². The summed E-state index contributed by atoms with van der Waals surface area (Å²) in [6.07, 6.45) is 3.28. The number of anilines is 2. The molecule has 0 spiro atoms. The molecule has 2 heterocycles. The zero-order valence-electron chi connectivity index (χ0n) is 14.9. The number of hydrogen-bond acceptors (Lipinski definition) is 6. The second-order valence-electron chi connectivity index (χ2n) is 6.03. The molecule has 1 fully saturated rings. The molecule has 0 aliphatic carbocycles. The second-order valence-corrected chi connectivity index (χ2v) is 6.03. The maximum Gasteiger partial charge on any atom is 0.257 e. The Bertz CT molecular complexity index is 732. The Morgan fingerprint density at radius 3 is 2.88 bits per heavy atom. The molecule has 3 rings (SSSR count). The predicted molar refractivity (Wildman–Crippen MR) is 101 cm³/mol. The van der Waals surface area contributed by atoms with E-state index in [0.29, 0.717) is 17.0 Å². The van der Waals surface area contributed by atoms with E-state index in [9.17, 15) is 4.79 Å². The average Bonchev–Trinajstić information content (AvgIpc) is 2.69. The summed E-state index contributed by atoms with van der Waals surface area (Å²) < 4.78 is 10.5. The Morgan fingerprint density at radius 2 is 2.08 bits per heavy atom. The van der Waals surface area contributed by atoms with Crippen molar-refractivity contribution < 1.29 is 14.3 Å². The number of carbonyl (C=O) groups excluding carboxylic acids is 1. The molecular weight excluding hydrogens is 332 g/mol. The molecule has 1 aliphatic heterocycles. The molecule has 138 valence electrons. The van der Waals surface area contributed by atoms with Gasteiger partial charge >= 0.3 is 0 Å². The first-order chi connectivity index (χ1) is 12.7. The largest absolute Gasteiger partial charge is 0.497 e. The van der Waals surface area contributed by atoms with E-state index >= 15 is 0 Å². The average molecular weight is 356 g/mol. The molecule has 1 aliphatic rings. The number of ether oxygens (including phenoxy) is 2. The molecule has 0 unspecified atom stereocenters. The second kappa shape index (κ2) is 9.17. The third-order valence-electron chi connectivity index (χ3n) is 4.19. The summed E-state index contributed by atoms with van der Waals surface area (Å²) in [6.45, 7) is 5.24. The molecule has 2 N–H and O–H groups in total. The Labute approximate surface area is 153 Å². The van der Waals surface area contributed by atoms with E-state index in [-0.39, 0.29) is 5.91 Å². The van der Waals surface area contributed by atoms with Gasteiger partial charge in [0.1, 0.15) is 5.75 Å². The normalized spacial score (nSPS) is 14.7. The van der Waals surface area contributed by atoms with Crippen molar-refractivity contribution in [3.63, 3.8) is 0 Å². The number of amides is 1. The van der Waals surface area contributed by atoms with Gasteiger partial charge in [-0.15, -0.1) is 0 Å². The van der Waals surface area contributed by atoms with E-state index in [4.69, 9.17) is 9.47 Å². The van der Waals surface area contributed by atoms with E-state index in [1.54, 1.807) is 25.6 Å². The molecular formula is C19H24N4O3. The smallest absolute Gasteiger partial charge is 0.257 e. The van der Waals surface area contributed by atoms with Gasteiger partial charge in [0, 0.05) is 50.3 Å². The lowest BCUT2D eigenvalue weighted by Gasteiger charge is -2.26. The van der Waals surface area contributed by atoms with Crippen LogP contribution in [0.5, 0.6) is 5.75 Å². The quantitative estimate of drug-likeness (QED) is 0.791. The molecule has 7 nitrogen and oxygen atoms in total. The number of nitrogens with zero attached hydrogens (tertiary/aromatic N) is 2. The van der Waals surface area contributed by atoms with Crippen LogP contribution in [-0.2, 0) is 4.74 Å². The van der Waals surface area contributed by atoms with E-state index in [1.165, 1.54) is 0 Å². The third kappa shape index (κ3) is 5.18. The minimum absolute atomic E-state index is 0.206. The lowest BCUT2D eigenvalue weighted by molar-refractivity contribution is 0.0398. The van der Waals surface area contributed by atoms with Crippen LogP contribution in [0.3, 0.4) is 0 Å². The van der Waals surface area contributed by atoms with Crippen LogP contribution in [0.15, 0.2) is 42.7 Å². The number of pyridine rings is 1. The highest BCUT2D eigenvalue weighted by Gasteiger charge is 2.10. The van der Waals surface area contributed by atoms with E-state index in [1.807, 2.05) is 24.3 Å². The maximum atomic E-state index is 12.4. The predicted octanol–water partition coefficient (Wildman–Crippen LogP) is 2.09. The fraction of sp³-hybridized carbons (Fsp3) is 0.368. The lowest BCUT2D eigenvalue weighted by atomic mass is 10.2. The highest BCUT2D eigenvalue weighted by molar-refractivity contribution is 6.04. The van der Waals surface area contributed by atoms with Crippen molar-refractivity contribution in [1.82, 2.24) is 9.88 Å². The summed E-state index contributed by atoms with van der Waals surface area (Å²) in [7, 11) is 1.59. The molecule has 7 heteroatoms. The SMILES string of the molecule is COc1cccc(NC(=O)c2cncc(NCCN3CCOCC3)c2)c1. The molecule has 0 saturated carbocycles. The van der Waals surface area contributed by atoms with Gasteiger partial charge in [0.2, 0.25) is 0 Å². The van der Waals surface area contributed by atoms with Gasteiger partial charge in [0.15, 0.2) is 0 Å². The molecule has 1 aromatic heterocycles. The monoisotopic (exact) mass is 356 g/mol. The van der Waals surface area contributed by atoms with Crippen LogP contribution in [0.25, 0.3) is 0 Å². The van der Waals surface area contributed by atoms with Crippen molar-refractivity contribution in [1.29, 1.82) is 0 Å². The van der Waals surface area contributed by atoms with E-state index < -0.39 is 0 Å². The zero-order valence-corrected chi connectivity index (χ0v) is 14.9. The first kappa shape index (κ1) is 18.2. The van der Waals surface area contributed by atoms with Crippen LogP contribution in [0.2, 0.25) is 0 Å². The molecule has 0 bridgehead atoms. The highest BCUT2D eigenvalue weighted by Crippen LogP contribution is 2.18. The van der Waals surface area contributed by atoms with E-state index in [0.717, 1.165) is 45.1 Å². The van der Waals surface area contributed by atoms with Crippen molar-refractivity contribution in [2.24, 2.45) is 0 Å². The fourth-order valence-electron chi connectivity index (χ4n) is 2.75. The Kier molecular flexibility index (Phi) is 6.40. The zero-order chi connectivity index (χ0) is 18.2. The summed E-state index contributed by atoms with van der Waals surface area (Å²) >= 11 is 0. The summed E-state index contributed by atoms with van der Waals surface area (Å²) in [6, 6.07) is 9.06. The number of carbonyl (C=O) groups is 1. The molecule has 0 radical (unpaired) electrons. The first-order valence-corrected chi connectivity index (χ1v) is 8.69. The number of morpholine rings is 1. The van der Waals surface area contributed by atoms with Gasteiger partial charge in [-0.25, -0.2) is 0 Å². The Balaban J connectivity index is 1.54. The summed E-state index contributed by atoms with van der Waals surface area (Å²) in [5, 5.41) is 6.18. The number of benzene rings is 1. The van der Waals surface area contributed by atoms with Gasteiger partial charge in [-0.3, -0.25) is 14.7 Å². The van der Waals surface area contributed by atoms with Crippen LogP contribution in [0.4, 0.5) is 11.4 Å². The highest BCUT2D eigenvalue weighted by atomic mass is 16.5. The van der Waals surface area contributed by atoms with Gasteiger partial charge in [-0.05, 0) is 18.2 Å². The summed E-state index contributed by atoms with van der Waals surface area (Å²) in [5.74, 6) is 0.488. The molecule has 1 amide bonds. The number of hydrogen-bond donors (Lipinski definition) is 2. The summed E-state index contributed by atoms with van der Waals surface area (Å²) in [5.41, 5.74) is 2.01. The van der Waals surface area contributed by atoms with Crippen LogP contribution in [0, 0.1) is 0 Å². The van der Waals surface area contributed by atoms with Crippen molar-refractivity contribution >= 4 is 17.3 Å². The van der Waals surface area contributed by atoms with Gasteiger partial charge in [-0.1, -0.05) is 6.07 Å². The van der Waals surface area contributed by atoms with Crippen LogP contribution in [-0.4, -0.2) is 62.3 Å². The Hall–Kier alpha value is -2.64. The van der Waals surface area contributed by atoms with Crippen LogP contribution < -0.4 is 15.4 Å². The van der Waals surface area contributed by atoms with E-state index in [2.05, 4.69) is 20.5 Å². The van der Waals surface area contributed by atoms with Crippen LogP contribution >= 0.6 is 0 Å². The van der Waals surface area contributed by atoms with Gasteiger partial charge in [0.25, 0.3) is 5.91 Å². The van der Waals surface area contributed by atoms with Crippen molar-refractivity contribution in [2.45, 2.75) is 0 Å². The molecule has 1 aromatic carbocycles. The fourth-order valence-corrected chi connectivity index (χ4v) is 2.75. The Morgan fingerprint density at radius 1 is 1.23 bits per heavy atom. The van der Waals surface area contributed by atoms with Crippen molar-refractivity contribution in [3.8, 4) is 5.75 Å². The van der Waals surface area contributed by atoms with Gasteiger partial charge < -0.3 is 20.1 Å². The summed E-state index contributed by atoms with van der Waals surface area (Å²) in [4.78, 5) is 19.0. The van der Waals surface area contributed by atoms with Crippen LogP contribution in [0.1, 0.15) is 10.4 Å². The maximum absolute atomic E-state index is 12.4. The van der Waals surface area contributed by atoms with Gasteiger partial charge in [-0.2, -0.15) is 0 Å². The molecule has 26 heavy (non-hydrogen) atoms. The topological polar surface area (TPSA) is 75.7 Å². The first-order valence-electron chi connectivity index (χ1n) is 8.69. The molecule has 2 aromatic rings. The number of nitrogens with one attached hydrogen (secondary N) is 2. The standard InChI is InChI=1S/C19H24N4O3/c1-25-18-4-2-3-16(12-18)22-19(24)15-11-17(14-20-13-15)21-5-6-23-7-9-26-10-8-23/h2-4,11-14,21H,5-10H2,1H3,(H,22,24). The third-order valence-corrected chi connectivity index (χ3v) is 4.19. The minimum Gasteiger partial charge on any atom is -0.497 e. The number of methoxy groups -OCH3 is 1. The number of rotatable bonds is 7. The van der Waals surface area contributed by atoms with Crippen molar-refractivity contribution in [3.05, 3.63) is 48.3 Å². The number of aromatic nitrogens is 1.